The average Bonchev–Trinajstić information content (AvgIpc) is 3.19. The Morgan fingerprint density at radius 2 is 1.75 bits per heavy atom. The number of ether oxygens (including phenoxy) is 2. The number of nitrogens with zero attached hydrogens (tertiary/aromatic N) is 1. The van der Waals surface area contributed by atoms with Crippen molar-refractivity contribution in [1.29, 1.82) is 0 Å². The molecule has 1 heterocycles. The fourth-order valence-electron chi connectivity index (χ4n) is 3.25. The summed E-state index contributed by atoms with van der Waals surface area (Å²) in [6.45, 7) is 1.88. The number of carbonyl (C=O) groups excluding carboxylic acids is 2. The Hall–Kier alpha value is -4.46. The van der Waals surface area contributed by atoms with Gasteiger partial charge >= 0.3 is 11.9 Å². The number of hydrogen-bond acceptors (Lipinski definition) is 7. The smallest absolute Gasteiger partial charge is 0.343 e. The van der Waals surface area contributed by atoms with Gasteiger partial charge < -0.3 is 13.9 Å². The number of rotatable bonds is 6. The van der Waals surface area contributed by atoms with Gasteiger partial charge in [0.15, 0.2) is 0 Å². The van der Waals surface area contributed by atoms with Crippen molar-refractivity contribution in [1.82, 2.24) is 0 Å². The van der Waals surface area contributed by atoms with Crippen molar-refractivity contribution in [2.24, 2.45) is 0 Å². The normalized spacial score (nSPS) is 10.7. The standard InChI is InChI=1S/C24H17NO7/c1-2-30-24(27)21-19-14-18(31-23(26)16-9-6-10-17(13-16)25(28)29)11-12-20(19)32-22(21)15-7-4-3-5-8-15/h3-14H,2H2,1H3. The van der Waals surface area contributed by atoms with E-state index in [1.54, 1.807) is 13.0 Å². The first-order chi connectivity index (χ1) is 15.5. The lowest BCUT2D eigenvalue weighted by Crippen LogP contribution is -2.09. The number of esters is 2. The lowest BCUT2D eigenvalue weighted by atomic mass is 10.1. The van der Waals surface area contributed by atoms with Crippen LogP contribution in [0, 0.1) is 10.1 Å². The molecule has 0 saturated carbocycles. The molecule has 4 aromatic rings. The Labute approximate surface area is 182 Å². The van der Waals surface area contributed by atoms with Crippen LogP contribution in [0.3, 0.4) is 0 Å². The molecule has 0 amide bonds. The zero-order valence-electron chi connectivity index (χ0n) is 16.9. The summed E-state index contributed by atoms with van der Waals surface area (Å²) in [4.78, 5) is 35.6. The van der Waals surface area contributed by atoms with E-state index in [0.717, 1.165) is 6.07 Å². The molecule has 0 saturated heterocycles. The zero-order chi connectivity index (χ0) is 22.7. The number of nitro groups is 1. The Balaban J connectivity index is 1.74. The topological polar surface area (TPSA) is 109 Å². The Morgan fingerprint density at radius 3 is 2.47 bits per heavy atom. The number of carbonyl (C=O) groups is 2. The molecule has 8 heteroatoms. The molecule has 0 bridgehead atoms. The maximum absolute atomic E-state index is 12.7. The number of hydrogen-bond donors (Lipinski definition) is 0. The highest BCUT2D eigenvalue weighted by Gasteiger charge is 2.24. The van der Waals surface area contributed by atoms with E-state index in [2.05, 4.69) is 0 Å². The third-order valence-corrected chi connectivity index (χ3v) is 4.68. The van der Waals surface area contributed by atoms with Crippen LogP contribution in [0.15, 0.2) is 77.2 Å². The highest BCUT2D eigenvalue weighted by atomic mass is 16.6. The minimum atomic E-state index is -0.766. The van der Waals surface area contributed by atoms with Gasteiger partial charge in [0, 0.05) is 23.1 Å². The van der Waals surface area contributed by atoms with Crippen LogP contribution in [0.2, 0.25) is 0 Å². The van der Waals surface area contributed by atoms with Gasteiger partial charge in [-0.1, -0.05) is 36.4 Å². The molecule has 1 aromatic heterocycles. The summed E-state index contributed by atoms with van der Waals surface area (Å²) in [5.74, 6) is -0.828. The third-order valence-electron chi connectivity index (χ3n) is 4.68. The molecular formula is C24H17NO7. The van der Waals surface area contributed by atoms with Gasteiger partial charge in [0.05, 0.1) is 17.1 Å². The van der Waals surface area contributed by atoms with Crippen LogP contribution in [0.1, 0.15) is 27.6 Å². The second kappa shape index (κ2) is 8.73. The fraction of sp³-hybridized carbons (Fsp3) is 0.0833. The van der Waals surface area contributed by atoms with Crippen LogP contribution in [0.5, 0.6) is 5.75 Å². The van der Waals surface area contributed by atoms with E-state index in [0.29, 0.717) is 22.3 Å². The minimum Gasteiger partial charge on any atom is -0.462 e. The summed E-state index contributed by atoms with van der Waals surface area (Å²) in [7, 11) is 0. The molecule has 0 radical (unpaired) electrons. The van der Waals surface area contributed by atoms with E-state index >= 15 is 0 Å². The number of furan rings is 1. The van der Waals surface area contributed by atoms with Crippen molar-refractivity contribution in [2.75, 3.05) is 6.61 Å². The predicted octanol–water partition coefficient (Wildman–Crippen LogP) is 5.40. The molecule has 4 rings (SSSR count). The number of fused-ring (bicyclic) bond motifs is 1. The van der Waals surface area contributed by atoms with E-state index in [1.807, 2.05) is 30.3 Å². The van der Waals surface area contributed by atoms with Crippen molar-refractivity contribution in [3.05, 3.63) is 94.0 Å². The summed E-state index contributed by atoms with van der Waals surface area (Å²) in [6.07, 6.45) is 0. The molecule has 32 heavy (non-hydrogen) atoms. The van der Waals surface area contributed by atoms with Crippen molar-refractivity contribution in [2.45, 2.75) is 6.92 Å². The molecule has 0 aliphatic carbocycles. The van der Waals surface area contributed by atoms with Gasteiger partial charge in [0.2, 0.25) is 0 Å². The maximum atomic E-state index is 12.7. The van der Waals surface area contributed by atoms with Crippen LogP contribution < -0.4 is 4.74 Å². The molecule has 0 spiro atoms. The molecular weight excluding hydrogens is 414 g/mol. The van der Waals surface area contributed by atoms with Gasteiger partial charge in [-0.25, -0.2) is 9.59 Å². The van der Waals surface area contributed by atoms with E-state index in [4.69, 9.17) is 13.9 Å². The third kappa shape index (κ3) is 4.06. The Bertz CT molecular complexity index is 1320. The second-order valence-electron chi connectivity index (χ2n) is 6.75. The molecule has 0 unspecified atom stereocenters. The molecule has 3 aromatic carbocycles. The van der Waals surface area contributed by atoms with Crippen LogP contribution in [0.4, 0.5) is 5.69 Å². The highest BCUT2D eigenvalue weighted by Crippen LogP contribution is 2.36. The minimum absolute atomic E-state index is 0.0297. The van der Waals surface area contributed by atoms with Crippen LogP contribution in [0.25, 0.3) is 22.3 Å². The second-order valence-corrected chi connectivity index (χ2v) is 6.75. The zero-order valence-corrected chi connectivity index (χ0v) is 16.9. The van der Waals surface area contributed by atoms with Crippen molar-refractivity contribution >= 4 is 28.6 Å². The lowest BCUT2D eigenvalue weighted by molar-refractivity contribution is -0.384. The SMILES string of the molecule is CCOC(=O)c1c(-c2ccccc2)oc2ccc(OC(=O)c3cccc([N+](=O)[O-])c3)cc12. The van der Waals surface area contributed by atoms with E-state index in [-0.39, 0.29) is 29.2 Å². The molecule has 0 atom stereocenters. The Kier molecular flexibility index (Phi) is 5.67. The van der Waals surface area contributed by atoms with Gasteiger partial charge in [-0.05, 0) is 31.2 Å². The maximum Gasteiger partial charge on any atom is 0.343 e. The first-order valence-corrected chi connectivity index (χ1v) is 9.73. The lowest BCUT2D eigenvalue weighted by Gasteiger charge is -2.05. The first kappa shape index (κ1) is 20.8. The van der Waals surface area contributed by atoms with Crippen molar-refractivity contribution in [3.63, 3.8) is 0 Å². The summed E-state index contributed by atoms with van der Waals surface area (Å²) in [6, 6.07) is 19.0. The number of non-ortho nitro benzene ring substituents is 1. The monoisotopic (exact) mass is 431 g/mol. The molecule has 0 aliphatic rings. The molecule has 0 N–H and O–H groups in total. The molecule has 8 nitrogen and oxygen atoms in total. The number of benzene rings is 3. The van der Waals surface area contributed by atoms with Crippen molar-refractivity contribution < 1.29 is 28.4 Å². The van der Waals surface area contributed by atoms with Crippen molar-refractivity contribution in [3.8, 4) is 17.1 Å². The highest BCUT2D eigenvalue weighted by molar-refractivity contribution is 6.09. The predicted molar refractivity (Wildman–Crippen MR) is 116 cm³/mol. The molecule has 160 valence electrons. The summed E-state index contributed by atoms with van der Waals surface area (Å²) in [5.41, 5.74) is 1.15. The van der Waals surface area contributed by atoms with E-state index in [1.165, 1.54) is 30.3 Å². The van der Waals surface area contributed by atoms with Gasteiger partial charge in [-0.3, -0.25) is 10.1 Å². The first-order valence-electron chi connectivity index (χ1n) is 9.73. The Morgan fingerprint density at radius 1 is 0.969 bits per heavy atom. The van der Waals surface area contributed by atoms with Crippen LogP contribution in [-0.2, 0) is 4.74 Å². The van der Waals surface area contributed by atoms with Gasteiger partial charge in [0.25, 0.3) is 5.69 Å². The largest absolute Gasteiger partial charge is 0.462 e. The van der Waals surface area contributed by atoms with Crippen LogP contribution >= 0.6 is 0 Å². The van der Waals surface area contributed by atoms with Gasteiger partial charge in [0.1, 0.15) is 22.7 Å². The van der Waals surface area contributed by atoms with Gasteiger partial charge in [-0.2, -0.15) is 0 Å². The summed E-state index contributed by atoms with van der Waals surface area (Å²) >= 11 is 0. The average molecular weight is 431 g/mol. The number of nitro benzene ring substituents is 1. The summed E-state index contributed by atoms with van der Waals surface area (Å²) in [5, 5.41) is 11.4. The fourth-order valence-corrected chi connectivity index (χ4v) is 3.25. The van der Waals surface area contributed by atoms with Crippen LogP contribution in [-0.4, -0.2) is 23.5 Å². The molecule has 0 fully saturated rings. The molecule has 0 aliphatic heterocycles. The quantitative estimate of drug-likeness (QED) is 0.174. The van der Waals surface area contributed by atoms with Gasteiger partial charge in [-0.15, -0.1) is 0 Å². The summed E-state index contributed by atoms with van der Waals surface area (Å²) < 4.78 is 16.5. The van der Waals surface area contributed by atoms with E-state index in [9.17, 15) is 19.7 Å². The van der Waals surface area contributed by atoms with E-state index < -0.39 is 16.9 Å².